The number of benzene rings is 1. The van der Waals surface area contributed by atoms with Gasteiger partial charge in [-0.2, -0.15) is 4.31 Å². The summed E-state index contributed by atoms with van der Waals surface area (Å²) in [5.41, 5.74) is 0.543. The number of rotatable bonds is 8. The lowest BCUT2D eigenvalue weighted by molar-refractivity contribution is -0.120. The molecule has 10 heteroatoms. The van der Waals surface area contributed by atoms with E-state index < -0.39 is 10.0 Å². The van der Waals surface area contributed by atoms with E-state index in [9.17, 15) is 13.2 Å². The first kappa shape index (κ1) is 24.2. The Morgan fingerprint density at radius 3 is 2.64 bits per heavy atom. The Bertz CT molecular complexity index is 1040. The van der Waals surface area contributed by atoms with Crippen molar-refractivity contribution < 1.29 is 17.6 Å². The Labute approximate surface area is 200 Å². The minimum absolute atomic E-state index is 0.0417. The molecule has 1 aliphatic heterocycles. The van der Waals surface area contributed by atoms with Gasteiger partial charge in [0.25, 0.3) is 5.22 Å². The number of hydrogen-bond acceptors (Lipinski definition) is 7. The fourth-order valence-electron chi connectivity index (χ4n) is 4.40. The number of carbonyl (C=O) groups excluding carboxylic acids is 1. The van der Waals surface area contributed by atoms with Gasteiger partial charge in [-0.1, -0.05) is 43.5 Å². The Morgan fingerprint density at radius 1 is 1.15 bits per heavy atom. The lowest BCUT2D eigenvalue weighted by atomic mass is 9.89. The van der Waals surface area contributed by atoms with Crippen molar-refractivity contribution in [1.82, 2.24) is 19.8 Å². The van der Waals surface area contributed by atoms with Crippen LogP contribution in [0.25, 0.3) is 11.5 Å². The molecule has 1 atom stereocenters. The summed E-state index contributed by atoms with van der Waals surface area (Å²) >= 11 is 1.21. The second-order valence-electron chi connectivity index (χ2n) is 8.87. The molecular weight excluding hydrogens is 460 g/mol. The van der Waals surface area contributed by atoms with Gasteiger partial charge in [0, 0.05) is 25.2 Å². The van der Waals surface area contributed by atoms with Crippen LogP contribution in [-0.2, 0) is 14.8 Å². The van der Waals surface area contributed by atoms with E-state index in [1.807, 2.05) is 6.92 Å². The van der Waals surface area contributed by atoms with Crippen LogP contribution in [0.15, 0.2) is 38.8 Å². The molecule has 0 spiro atoms. The summed E-state index contributed by atoms with van der Waals surface area (Å²) in [5.74, 6) is 0.770. The van der Waals surface area contributed by atoms with Crippen LogP contribution in [0.2, 0.25) is 0 Å². The van der Waals surface area contributed by atoms with E-state index in [-0.39, 0.29) is 27.2 Å². The van der Waals surface area contributed by atoms with Crippen LogP contribution in [-0.4, -0.2) is 53.7 Å². The third-order valence-electron chi connectivity index (χ3n) is 6.38. The minimum atomic E-state index is -3.55. The zero-order valence-electron chi connectivity index (χ0n) is 19.0. The first-order chi connectivity index (χ1) is 15.9. The summed E-state index contributed by atoms with van der Waals surface area (Å²) in [5, 5.41) is 11.1. The maximum Gasteiger partial charge on any atom is 0.277 e. The van der Waals surface area contributed by atoms with Crippen LogP contribution >= 0.6 is 11.8 Å². The van der Waals surface area contributed by atoms with Crippen LogP contribution in [0.5, 0.6) is 0 Å². The van der Waals surface area contributed by atoms with E-state index >= 15 is 0 Å². The van der Waals surface area contributed by atoms with Gasteiger partial charge in [-0.15, -0.1) is 10.2 Å². The Morgan fingerprint density at radius 2 is 1.88 bits per heavy atom. The van der Waals surface area contributed by atoms with Crippen LogP contribution in [0.1, 0.15) is 58.3 Å². The van der Waals surface area contributed by atoms with Crippen molar-refractivity contribution in [2.24, 2.45) is 5.92 Å². The van der Waals surface area contributed by atoms with Crippen molar-refractivity contribution in [1.29, 1.82) is 0 Å². The molecule has 2 aliphatic rings. The monoisotopic (exact) mass is 492 g/mol. The highest BCUT2D eigenvalue weighted by molar-refractivity contribution is 8.00. The number of hydrogen-bond donors (Lipinski definition) is 1. The lowest BCUT2D eigenvalue weighted by Crippen LogP contribution is -2.35. The Hall–Kier alpha value is -1.91. The van der Waals surface area contributed by atoms with E-state index in [1.54, 1.807) is 28.6 Å². The maximum absolute atomic E-state index is 13.0. The number of thioether (sulfide) groups is 1. The standard InChI is InChI=1S/C23H32N4O4S2/c1-17(21(28)24-16-18-9-4-2-5-10-18)32-23-26-25-22(31-23)19-11-8-12-20(15-19)33(29,30)27-13-6-3-7-14-27/h8,11-12,15,17-18H,2-7,9-10,13-14,16H2,1H3,(H,24,28). The van der Waals surface area contributed by atoms with Crippen LogP contribution in [0, 0.1) is 5.92 Å². The van der Waals surface area contributed by atoms with Crippen molar-refractivity contribution in [2.45, 2.75) is 73.7 Å². The molecule has 0 radical (unpaired) electrons. The zero-order valence-corrected chi connectivity index (χ0v) is 20.7. The van der Waals surface area contributed by atoms with Gasteiger partial charge < -0.3 is 9.73 Å². The van der Waals surface area contributed by atoms with Gasteiger partial charge >= 0.3 is 0 Å². The third-order valence-corrected chi connectivity index (χ3v) is 9.21. The predicted octanol–water partition coefficient (Wildman–Crippen LogP) is 4.09. The van der Waals surface area contributed by atoms with Crippen LogP contribution in [0.4, 0.5) is 0 Å². The molecule has 1 aromatic heterocycles. The maximum atomic E-state index is 13.0. The quantitative estimate of drug-likeness (QED) is 0.553. The molecule has 1 amide bonds. The van der Waals surface area contributed by atoms with Crippen molar-refractivity contribution in [3.05, 3.63) is 24.3 Å². The summed E-state index contributed by atoms with van der Waals surface area (Å²) in [6.45, 7) is 3.64. The third kappa shape index (κ3) is 6.16. The zero-order chi connectivity index (χ0) is 23.3. The lowest BCUT2D eigenvalue weighted by Gasteiger charge is -2.25. The van der Waals surface area contributed by atoms with Crippen molar-refractivity contribution in [3.63, 3.8) is 0 Å². The van der Waals surface area contributed by atoms with Gasteiger partial charge in [0.1, 0.15) is 0 Å². The highest BCUT2D eigenvalue weighted by Crippen LogP contribution is 2.29. The van der Waals surface area contributed by atoms with E-state index in [0.29, 0.717) is 24.6 Å². The average molecular weight is 493 g/mol. The van der Waals surface area contributed by atoms with E-state index in [1.165, 1.54) is 43.9 Å². The molecule has 33 heavy (non-hydrogen) atoms. The number of sulfonamides is 1. The molecule has 1 unspecified atom stereocenters. The van der Waals surface area contributed by atoms with Crippen LogP contribution in [0.3, 0.4) is 0 Å². The van der Waals surface area contributed by atoms with Gasteiger partial charge in [-0.25, -0.2) is 8.42 Å². The molecule has 8 nitrogen and oxygen atoms in total. The van der Waals surface area contributed by atoms with Gasteiger partial charge in [0.05, 0.1) is 10.1 Å². The first-order valence-electron chi connectivity index (χ1n) is 11.8. The largest absolute Gasteiger partial charge is 0.411 e. The summed E-state index contributed by atoms with van der Waals surface area (Å²) in [6.07, 6.45) is 8.98. The van der Waals surface area contributed by atoms with Crippen molar-refractivity contribution in [2.75, 3.05) is 19.6 Å². The minimum Gasteiger partial charge on any atom is -0.411 e. The summed E-state index contributed by atoms with van der Waals surface area (Å²) in [6, 6.07) is 6.60. The number of piperidine rings is 1. The second kappa shape index (κ2) is 11.0. The van der Waals surface area contributed by atoms with Gasteiger partial charge in [-0.05, 0) is 56.7 Å². The molecule has 1 N–H and O–H groups in total. The SMILES string of the molecule is CC(Sc1nnc(-c2cccc(S(=O)(=O)N3CCCCC3)c2)o1)C(=O)NCC1CCCCC1. The molecule has 180 valence electrons. The van der Waals surface area contributed by atoms with E-state index in [2.05, 4.69) is 15.5 Å². The summed E-state index contributed by atoms with van der Waals surface area (Å²) in [4.78, 5) is 12.7. The predicted molar refractivity (Wildman–Crippen MR) is 127 cm³/mol. The highest BCUT2D eigenvalue weighted by atomic mass is 32.2. The van der Waals surface area contributed by atoms with Crippen LogP contribution < -0.4 is 5.32 Å². The van der Waals surface area contributed by atoms with Gasteiger partial charge in [0.2, 0.25) is 21.8 Å². The van der Waals surface area contributed by atoms with Crippen molar-refractivity contribution >= 4 is 27.7 Å². The molecule has 2 aromatic rings. The van der Waals surface area contributed by atoms with E-state index in [4.69, 9.17) is 4.42 Å². The van der Waals surface area contributed by atoms with Gasteiger partial charge in [-0.3, -0.25) is 4.79 Å². The topological polar surface area (TPSA) is 105 Å². The molecule has 2 heterocycles. The molecule has 1 aromatic carbocycles. The molecule has 0 bridgehead atoms. The Balaban J connectivity index is 1.37. The fourth-order valence-corrected chi connectivity index (χ4v) is 6.67. The highest BCUT2D eigenvalue weighted by Gasteiger charge is 2.27. The normalized spacial score (nSPS) is 19.3. The Kier molecular flexibility index (Phi) is 8.08. The second-order valence-corrected chi connectivity index (χ2v) is 12.1. The number of carbonyl (C=O) groups is 1. The number of nitrogens with one attached hydrogen (secondary N) is 1. The smallest absolute Gasteiger partial charge is 0.277 e. The molecule has 1 aliphatic carbocycles. The summed E-state index contributed by atoms with van der Waals surface area (Å²) in [7, 11) is -3.55. The molecule has 2 fully saturated rings. The number of amides is 1. The van der Waals surface area contributed by atoms with Crippen molar-refractivity contribution in [3.8, 4) is 11.5 Å². The first-order valence-corrected chi connectivity index (χ1v) is 14.1. The molecule has 1 saturated heterocycles. The number of nitrogens with zero attached hydrogens (tertiary/aromatic N) is 3. The molecular formula is C23H32N4O4S2. The van der Waals surface area contributed by atoms with E-state index in [0.717, 1.165) is 25.8 Å². The fraction of sp³-hybridized carbons (Fsp3) is 0.609. The molecule has 4 rings (SSSR count). The number of aromatic nitrogens is 2. The molecule has 1 saturated carbocycles. The average Bonchev–Trinajstić information content (AvgIpc) is 3.32. The van der Waals surface area contributed by atoms with Gasteiger partial charge in [0.15, 0.2) is 0 Å². The summed E-state index contributed by atoms with van der Waals surface area (Å²) < 4.78 is 33.3.